The summed E-state index contributed by atoms with van der Waals surface area (Å²) in [6, 6.07) is 2.97. The normalized spacial score (nSPS) is 10.9. The SMILES string of the molecule is O=C(O)Oc1cnn(-c2nc3c(F)cc(Br)cc3[nH]2)c1. The number of nitrogens with one attached hydrogen (secondary N) is 1. The van der Waals surface area contributed by atoms with E-state index in [1.165, 1.54) is 23.1 Å². The Morgan fingerprint density at radius 3 is 3.05 bits per heavy atom. The van der Waals surface area contributed by atoms with Crippen LogP contribution in [0, 0.1) is 5.82 Å². The lowest BCUT2D eigenvalue weighted by Crippen LogP contribution is -2.02. The molecule has 0 saturated carbocycles. The lowest BCUT2D eigenvalue weighted by atomic mass is 10.3. The Morgan fingerprint density at radius 1 is 1.50 bits per heavy atom. The summed E-state index contributed by atoms with van der Waals surface area (Å²) in [7, 11) is 0. The van der Waals surface area contributed by atoms with Crippen LogP contribution in [0.1, 0.15) is 0 Å². The van der Waals surface area contributed by atoms with Crippen molar-refractivity contribution in [2.75, 3.05) is 0 Å². The summed E-state index contributed by atoms with van der Waals surface area (Å²) in [6.07, 6.45) is 1.09. The number of rotatable bonds is 2. The number of benzene rings is 1. The maximum Gasteiger partial charge on any atom is 0.511 e. The monoisotopic (exact) mass is 340 g/mol. The molecule has 20 heavy (non-hydrogen) atoms. The minimum atomic E-state index is -1.44. The predicted molar refractivity (Wildman–Crippen MR) is 69.5 cm³/mol. The van der Waals surface area contributed by atoms with Gasteiger partial charge >= 0.3 is 6.16 Å². The first kappa shape index (κ1) is 12.6. The second-order valence-electron chi connectivity index (χ2n) is 3.83. The van der Waals surface area contributed by atoms with E-state index in [4.69, 9.17) is 5.11 Å². The standard InChI is InChI=1S/C11H6BrFN4O3/c12-5-1-7(13)9-8(2-5)15-10(16-9)17-4-6(3-14-17)20-11(18)19/h1-4H,(H,15,16)(H,18,19). The van der Waals surface area contributed by atoms with Gasteiger partial charge in [0, 0.05) is 4.47 Å². The molecular formula is C11H6BrFN4O3. The van der Waals surface area contributed by atoms with Gasteiger partial charge in [-0.25, -0.2) is 18.9 Å². The molecule has 7 nitrogen and oxygen atoms in total. The highest BCUT2D eigenvalue weighted by Gasteiger charge is 2.12. The molecule has 0 unspecified atom stereocenters. The summed E-state index contributed by atoms with van der Waals surface area (Å²) < 4.78 is 20.0. The Hall–Kier alpha value is -2.42. The van der Waals surface area contributed by atoms with Crippen molar-refractivity contribution in [2.45, 2.75) is 0 Å². The number of imidazole rings is 1. The molecule has 0 amide bonds. The average Bonchev–Trinajstić information content (AvgIpc) is 2.94. The zero-order chi connectivity index (χ0) is 14.3. The molecule has 0 radical (unpaired) electrons. The Bertz CT molecular complexity index is 813. The Morgan fingerprint density at radius 2 is 2.30 bits per heavy atom. The van der Waals surface area contributed by atoms with Crippen LogP contribution in [-0.2, 0) is 0 Å². The quantitative estimate of drug-likeness (QED) is 0.699. The second kappa shape index (κ2) is 4.60. The summed E-state index contributed by atoms with van der Waals surface area (Å²) in [6.45, 7) is 0. The number of hydrogen-bond acceptors (Lipinski definition) is 4. The molecule has 0 aliphatic carbocycles. The number of hydrogen-bond donors (Lipinski definition) is 2. The summed E-state index contributed by atoms with van der Waals surface area (Å²) in [5.74, 6) is -0.192. The summed E-state index contributed by atoms with van der Waals surface area (Å²) in [5, 5.41) is 12.4. The molecular weight excluding hydrogens is 335 g/mol. The van der Waals surface area contributed by atoms with Crippen molar-refractivity contribution in [3.63, 3.8) is 0 Å². The van der Waals surface area contributed by atoms with Crippen LogP contribution < -0.4 is 4.74 Å². The topological polar surface area (TPSA) is 93.0 Å². The van der Waals surface area contributed by atoms with Gasteiger partial charge in [0.05, 0.1) is 17.9 Å². The van der Waals surface area contributed by atoms with E-state index in [1.807, 2.05) is 0 Å². The average molecular weight is 341 g/mol. The molecule has 0 aliphatic rings. The molecule has 2 heterocycles. The van der Waals surface area contributed by atoms with E-state index >= 15 is 0 Å². The van der Waals surface area contributed by atoms with Crippen molar-refractivity contribution < 1.29 is 19.0 Å². The van der Waals surface area contributed by atoms with Crippen LogP contribution in [0.3, 0.4) is 0 Å². The van der Waals surface area contributed by atoms with Gasteiger partial charge in [0.1, 0.15) is 5.52 Å². The number of aromatic amines is 1. The first-order chi connectivity index (χ1) is 9.52. The lowest BCUT2D eigenvalue weighted by molar-refractivity contribution is 0.144. The molecule has 9 heteroatoms. The van der Waals surface area contributed by atoms with Crippen molar-refractivity contribution in [1.82, 2.24) is 19.7 Å². The smallest absolute Gasteiger partial charge is 0.449 e. The van der Waals surface area contributed by atoms with Crippen LogP contribution >= 0.6 is 15.9 Å². The third kappa shape index (κ3) is 2.23. The molecule has 0 spiro atoms. The fourth-order valence-electron chi connectivity index (χ4n) is 1.71. The second-order valence-corrected chi connectivity index (χ2v) is 4.75. The van der Waals surface area contributed by atoms with E-state index in [-0.39, 0.29) is 17.2 Å². The summed E-state index contributed by atoms with van der Waals surface area (Å²) in [4.78, 5) is 17.3. The molecule has 2 aromatic heterocycles. The molecule has 3 rings (SSSR count). The number of H-pyrrole nitrogens is 1. The number of fused-ring (bicyclic) bond motifs is 1. The lowest BCUT2D eigenvalue weighted by Gasteiger charge is -1.93. The van der Waals surface area contributed by atoms with Crippen LogP contribution in [0.25, 0.3) is 17.0 Å². The minimum absolute atomic E-state index is 0.0413. The molecule has 2 N–H and O–H groups in total. The van der Waals surface area contributed by atoms with Gasteiger partial charge in [-0.2, -0.15) is 5.10 Å². The highest BCUT2D eigenvalue weighted by atomic mass is 79.9. The van der Waals surface area contributed by atoms with Crippen molar-refractivity contribution in [3.05, 3.63) is 34.8 Å². The first-order valence-corrected chi connectivity index (χ1v) is 6.13. The van der Waals surface area contributed by atoms with Gasteiger partial charge in [-0.15, -0.1) is 0 Å². The van der Waals surface area contributed by atoms with Gasteiger partial charge in [-0.05, 0) is 12.1 Å². The van der Waals surface area contributed by atoms with E-state index in [9.17, 15) is 9.18 Å². The highest BCUT2D eigenvalue weighted by molar-refractivity contribution is 9.10. The fourth-order valence-corrected chi connectivity index (χ4v) is 2.14. The molecule has 0 aliphatic heterocycles. The number of carbonyl (C=O) groups is 1. The number of ether oxygens (including phenoxy) is 1. The van der Waals surface area contributed by atoms with E-state index in [1.54, 1.807) is 6.07 Å². The Labute approximate surface area is 119 Å². The van der Waals surface area contributed by atoms with Crippen LogP contribution in [0.4, 0.5) is 9.18 Å². The maximum absolute atomic E-state index is 13.7. The van der Waals surface area contributed by atoms with Gasteiger partial charge in [-0.1, -0.05) is 15.9 Å². The Balaban J connectivity index is 2.04. The van der Waals surface area contributed by atoms with Crippen LogP contribution in [-0.4, -0.2) is 31.0 Å². The number of aromatic nitrogens is 4. The van der Waals surface area contributed by atoms with E-state index in [0.717, 1.165) is 0 Å². The molecule has 0 bridgehead atoms. The van der Waals surface area contributed by atoms with E-state index in [2.05, 4.69) is 35.7 Å². The number of carboxylic acid groups (broad SMARTS) is 1. The summed E-state index contributed by atoms with van der Waals surface area (Å²) >= 11 is 3.18. The van der Waals surface area contributed by atoms with Gasteiger partial charge in [0.15, 0.2) is 11.6 Å². The van der Waals surface area contributed by atoms with Crippen LogP contribution in [0.5, 0.6) is 5.75 Å². The minimum Gasteiger partial charge on any atom is -0.449 e. The molecule has 3 aromatic rings. The highest BCUT2D eigenvalue weighted by Crippen LogP contribution is 2.23. The number of nitrogens with zero attached hydrogens (tertiary/aromatic N) is 3. The predicted octanol–water partition coefficient (Wildman–Crippen LogP) is 2.71. The Kier molecular flexibility index (Phi) is 2.90. The fraction of sp³-hybridized carbons (Fsp3) is 0. The van der Waals surface area contributed by atoms with Crippen molar-refractivity contribution in [3.8, 4) is 11.7 Å². The van der Waals surface area contributed by atoms with Gasteiger partial charge in [-0.3, -0.25) is 0 Å². The molecule has 1 aromatic carbocycles. The van der Waals surface area contributed by atoms with E-state index in [0.29, 0.717) is 9.99 Å². The van der Waals surface area contributed by atoms with Gasteiger partial charge < -0.3 is 14.8 Å². The molecule has 0 saturated heterocycles. The zero-order valence-electron chi connectivity index (χ0n) is 9.67. The van der Waals surface area contributed by atoms with Crippen molar-refractivity contribution in [2.24, 2.45) is 0 Å². The van der Waals surface area contributed by atoms with Gasteiger partial charge in [0.2, 0.25) is 5.95 Å². The molecule has 102 valence electrons. The third-order valence-electron chi connectivity index (χ3n) is 2.47. The van der Waals surface area contributed by atoms with Crippen molar-refractivity contribution in [1.29, 1.82) is 0 Å². The first-order valence-electron chi connectivity index (χ1n) is 5.33. The van der Waals surface area contributed by atoms with Gasteiger partial charge in [0.25, 0.3) is 0 Å². The molecule has 0 atom stereocenters. The largest absolute Gasteiger partial charge is 0.511 e. The van der Waals surface area contributed by atoms with E-state index < -0.39 is 12.0 Å². The summed E-state index contributed by atoms with van der Waals surface area (Å²) in [5.41, 5.74) is 0.655. The zero-order valence-corrected chi connectivity index (χ0v) is 11.3. The number of halogens is 2. The van der Waals surface area contributed by atoms with Crippen LogP contribution in [0.2, 0.25) is 0 Å². The van der Waals surface area contributed by atoms with Crippen LogP contribution in [0.15, 0.2) is 29.0 Å². The third-order valence-corrected chi connectivity index (χ3v) is 2.93. The van der Waals surface area contributed by atoms with Crippen molar-refractivity contribution >= 4 is 33.1 Å². The maximum atomic E-state index is 13.7. The molecule has 0 fully saturated rings.